The van der Waals surface area contributed by atoms with Gasteiger partial charge in [0, 0.05) is 11.8 Å². The second-order valence-corrected chi connectivity index (χ2v) is 4.57. The number of nitriles is 1. The van der Waals surface area contributed by atoms with Crippen molar-refractivity contribution in [3.05, 3.63) is 29.3 Å². The van der Waals surface area contributed by atoms with E-state index in [-0.39, 0.29) is 0 Å². The van der Waals surface area contributed by atoms with E-state index < -0.39 is 0 Å². The van der Waals surface area contributed by atoms with Gasteiger partial charge in [0.05, 0.1) is 11.3 Å². The average Bonchev–Trinajstić information content (AvgIpc) is 2.21. The Bertz CT molecular complexity index is 368. The highest BCUT2D eigenvalue weighted by Gasteiger charge is 2.05. The van der Waals surface area contributed by atoms with Crippen molar-refractivity contribution in [2.75, 3.05) is 17.3 Å². The number of anilines is 1. The standard InChI is InChI=1S/C12H16N2S/c1-9-4-5-12(11(6-9)7-13)14-10(2)8-15-3/h4-6,10,14H,8H2,1-3H3. The molecule has 80 valence electrons. The SMILES string of the molecule is CSCC(C)Nc1ccc(C)cc1C#N. The maximum atomic E-state index is 8.99. The number of hydrogen-bond donors (Lipinski definition) is 1. The van der Waals surface area contributed by atoms with Crippen LogP contribution >= 0.6 is 11.8 Å². The second-order valence-electron chi connectivity index (χ2n) is 3.66. The van der Waals surface area contributed by atoms with Gasteiger partial charge in [0.25, 0.3) is 0 Å². The van der Waals surface area contributed by atoms with Crippen molar-refractivity contribution in [1.29, 1.82) is 5.26 Å². The van der Waals surface area contributed by atoms with Crippen molar-refractivity contribution in [3.8, 4) is 6.07 Å². The van der Waals surface area contributed by atoms with Crippen LogP contribution in [-0.4, -0.2) is 18.1 Å². The van der Waals surface area contributed by atoms with E-state index in [0.29, 0.717) is 6.04 Å². The van der Waals surface area contributed by atoms with Crippen LogP contribution in [0.5, 0.6) is 0 Å². The van der Waals surface area contributed by atoms with Crippen LogP contribution in [0.2, 0.25) is 0 Å². The van der Waals surface area contributed by atoms with E-state index in [1.165, 1.54) is 0 Å². The van der Waals surface area contributed by atoms with Crippen molar-refractivity contribution in [2.24, 2.45) is 0 Å². The lowest BCUT2D eigenvalue weighted by molar-refractivity contribution is 0.913. The zero-order chi connectivity index (χ0) is 11.3. The Hall–Kier alpha value is -1.14. The molecule has 0 amide bonds. The Morgan fingerprint density at radius 1 is 1.53 bits per heavy atom. The first-order valence-corrected chi connectivity index (χ1v) is 6.33. The van der Waals surface area contributed by atoms with Crippen LogP contribution in [0.25, 0.3) is 0 Å². The summed E-state index contributed by atoms with van der Waals surface area (Å²) in [6, 6.07) is 8.51. The fourth-order valence-electron chi connectivity index (χ4n) is 1.43. The summed E-state index contributed by atoms with van der Waals surface area (Å²) in [5.41, 5.74) is 2.78. The average molecular weight is 220 g/mol. The normalized spacial score (nSPS) is 11.9. The maximum Gasteiger partial charge on any atom is 0.101 e. The molecular weight excluding hydrogens is 204 g/mol. The number of rotatable bonds is 4. The molecule has 0 heterocycles. The summed E-state index contributed by atoms with van der Waals surface area (Å²) in [5.74, 6) is 1.04. The first kappa shape index (κ1) is 11.9. The first-order valence-electron chi connectivity index (χ1n) is 4.93. The summed E-state index contributed by atoms with van der Waals surface area (Å²) in [4.78, 5) is 0. The summed E-state index contributed by atoms with van der Waals surface area (Å²) >= 11 is 1.80. The van der Waals surface area contributed by atoms with Gasteiger partial charge in [-0.15, -0.1) is 0 Å². The summed E-state index contributed by atoms with van der Waals surface area (Å²) in [7, 11) is 0. The second kappa shape index (κ2) is 5.67. The fraction of sp³-hybridized carbons (Fsp3) is 0.417. The minimum Gasteiger partial charge on any atom is -0.381 e. The zero-order valence-corrected chi connectivity index (χ0v) is 10.2. The Kier molecular flexibility index (Phi) is 4.51. The lowest BCUT2D eigenvalue weighted by Gasteiger charge is -2.15. The number of nitrogens with one attached hydrogen (secondary N) is 1. The van der Waals surface area contributed by atoms with Crippen molar-refractivity contribution >= 4 is 17.4 Å². The van der Waals surface area contributed by atoms with Gasteiger partial charge >= 0.3 is 0 Å². The molecule has 1 N–H and O–H groups in total. The van der Waals surface area contributed by atoms with Crippen LogP contribution in [0.1, 0.15) is 18.1 Å². The predicted molar refractivity (Wildman–Crippen MR) is 67.4 cm³/mol. The molecule has 0 spiro atoms. The summed E-state index contributed by atoms with van der Waals surface area (Å²) in [6.45, 7) is 4.12. The lowest BCUT2D eigenvalue weighted by Crippen LogP contribution is -2.18. The molecular formula is C12H16N2S. The van der Waals surface area contributed by atoms with Crippen LogP contribution in [0.3, 0.4) is 0 Å². The highest BCUT2D eigenvalue weighted by atomic mass is 32.2. The summed E-state index contributed by atoms with van der Waals surface area (Å²) in [5, 5.41) is 12.3. The van der Waals surface area contributed by atoms with Crippen molar-refractivity contribution in [3.63, 3.8) is 0 Å². The van der Waals surface area contributed by atoms with E-state index in [9.17, 15) is 0 Å². The molecule has 0 fully saturated rings. The largest absolute Gasteiger partial charge is 0.381 e. The molecule has 0 saturated heterocycles. The van der Waals surface area contributed by atoms with E-state index >= 15 is 0 Å². The van der Waals surface area contributed by atoms with Crippen LogP contribution in [0, 0.1) is 18.3 Å². The van der Waals surface area contributed by atoms with Gasteiger partial charge in [-0.1, -0.05) is 6.07 Å². The highest BCUT2D eigenvalue weighted by molar-refractivity contribution is 7.98. The van der Waals surface area contributed by atoms with Crippen LogP contribution in [-0.2, 0) is 0 Å². The van der Waals surface area contributed by atoms with E-state index in [0.717, 1.165) is 22.6 Å². The monoisotopic (exact) mass is 220 g/mol. The van der Waals surface area contributed by atoms with Crippen LogP contribution in [0.15, 0.2) is 18.2 Å². The Morgan fingerprint density at radius 2 is 2.27 bits per heavy atom. The van der Waals surface area contributed by atoms with Gasteiger partial charge < -0.3 is 5.32 Å². The molecule has 0 aliphatic carbocycles. The van der Waals surface area contributed by atoms with Gasteiger partial charge in [-0.3, -0.25) is 0 Å². The Labute approximate surface area is 95.7 Å². The van der Waals surface area contributed by atoms with Gasteiger partial charge in [0.1, 0.15) is 6.07 Å². The number of thioether (sulfide) groups is 1. The topological polar surface area (TPSA) is 35.8 Å². The minimum absolute atomic E-state index is 0.384. The number of aryl methyl sites for hydroxylation is 1. The van der Waals surface area contributed by atoms with Gasteiger partial charge in [0.2, 0.25) is 0 Å². The smallest absolute Gasteiger partial charge is 0.101 e. The molecule has 0 saturated carbocycles. The third-order valence-electron chi connectivity index (χ3n) is 2.11. The Balaban J connectivity index is 2.81. The molecule has 1 atom stereocenters. The van der Waals surface area contributed by atoms with E-state index in [2.05, 4.69) is 24.6 Å². The molecule has 0 bridgehead atoms. The van der Waals surface area contributed by atoms with Crippen molar-refractivity contribution in [1.82, 2.24) is 0 Å². The zero-order valence-electron chi connectivity index (χ0n) is 9.37. The molecule has 2 nitrogen and oxygen atoms in total. The van der Waals surface area contributed by atoms with Crippen molar-refractivity contribution < 1.29 is 0 Å². The van der Waals surface area contributed by atoms with E-state index in [1.54, 1.807) is 11.8 Å². The van der Waals surface area contributed by atoms with Crippen molar-refractivity contribution in [2.45, 2.75) is 19.9 Å². The third kappa shape index (κ3) is 3.49. The first-order chi connectivity index (χ1) is 7.17. The molecule has 3 heteroatoms. The minimum atomic E-state index is 0.384. The third-order valence-corrected chi connectivity index (χ3v) is 2.95. The van der Waals surface area contributed by atoms with Gasteiger partial charge in [-0.25, -0.2) is 0 Å². The van der Waals surface area contributed by atoms with E-state index in [1.807, 2.05) is 25.1 Å². The molecule has 1 rings (SSSR count). The van der Waals surface area contributed by atoms with Gasteiger partial charge in [-0.05, 0) is 37.8 Å². The van der Waals surface area contributed by atoms with Gasteiger partial charge in [-0.2, -0.15) is 17.0 Å². The van der Waals surface area contributed by atoms with Crippen LogP contribution < -0.4 is 5.32 Å². The highest BCUT2D eigenvalue weighted by Crippen LogP contribution is 2.17. The molecule has 0 radical (unpaired) electrons. The summed E-state index contributed by atoms with van der Waals surface area (Å²) < 4.78 is 0. The number of hydrogen-bond acceptors (Lipinski definition) is 3. The molecule has 0 aliphatic rings. The predicted octanol–water partition coefficient (Wildman–Crippen LogP) is 3.03. The fourth-order valence-corrected chi connectivity index (χ4v) is 2.02. The van der Waals surface area contributed by atoms with Gasteiger partial charge in [0.15, 0.2) is 0 Å². The molecule has 1 unspecified atom stereocenters. The molecule has 15 heavy (non-hydrogen) atoms. The number of nitrogens with zero attached hydrogens (tertiary/aromatic N) is 1. The number of benzene rings is 1. The van der Waals surface area contributed by atoms with Crippen LogP contribution in [0.4, 0.5) is 5.69 Å². The summed E-state index contributed by atoms with van der Waals surface area (Å²) in [6.07, 6.45) is 2.08. The molecule has 1 aromatic carbocycles. The van der Waals surface area contributed by atoms with E-state index in [4.69, 9.17) is 5.26 Å². The maximum absolute atomic E-state index is 8.99. The molecule has 1 aromatic rings. The molecule has 0 aromatic heterocycles. The molecule has 0 aliphatic heterocycles. The quantitative estimate of drug-likeness (QED) is 0.847. The lowest BCUT2D eigenvalue weighted by atomic mass is 10.1. The Morgan fingerprint density at radius 3 is 2.87 bits per heavy atom.